The molecule has 0 spiro atoms. The second-order valence-corrected chi connectivity index (χ2v) is 12.0. The zero-order valence-corrected chi connectivity index (χ0v) is 24.2. The van der Waals surface area contributed by atoms with Crippen LogP contribution in [0.25, 0.3) is 87.0 Å². The Morgan fingerprint density at radius 3 is 2.21 bits per heavy atom. The maximum atomic E-state index is 6.99. The molecule has 6 aromatic carbocycles. The molecular formula is C37H20ClN3OS. The van der Waals surface area contributed by atoms with Crippen molar-refractivity contribution in [3.63, 3.8) is 0 Å². The third kappa shape index (κ3) is 3.86. The van der Waals surface area contributed by atoms with Crippen LogP contribution in [0.5, 0.6) is 0 Å². The highest BCUT2D eigenvalue weighted by Crippen LogP contribution is 2.42. The molecule has 0 radical (unpaired) electrons. The monoisotopic (exact) mass is 589 g/mol. The van der Waals surface area contributed by atoms with Crippen LogP contribution in [-0.4, -0.2) is 15.0 Å². The topological polar surface area (TPSA) is 51.8 Å². The largest absolute Gasteiger partial charge is 0.456 e. The summed E-state index contributed by atoms with van der Waals surface area (Å²) in [5.41, 5.74) is 4.13. The maximum Gasteiger partial charge on any atom is 0.166 e. The SMILES string of the molecule is Clc1ccc2oc3ccccc3c2c1-c1nc(-c2ccc3ccccc3c2)nc(-c2cccc3sc4ccccc4c23)n1. The molecule has 0 bridgehead atoms. The van der Waals surface area contributed by atoms with Gasteiger partial charge in [0.15, 0.2) is 17.5 Å². The standard InChI is InChI=1S/C37H20ClN3OS/c38-27-18-19-29-33(24-10-3-5-13-28(24)42-29)34(27)37-40-35(23-17-16-21-8-1-2-9-22(21)20-23)39-36(41-37)26-12-7-15-31-32(26)25-11-4-6-14-30(25)43-31/h1-20H. The van der Waals surface area contributed by atoms with E-state index in [4.69, 9.17) is 31.0 Å². The summed E-state index contributed by atoms with van der Waals surface area (Å²) in [6, 6.07) is 41.2. The predicted octanol–water partition coefficient (Wildman–Crippen LogP) is 10.9. The van der Waals surface area contributed by atoms with Crippen LogP contribution in [-0.2, 0) is 0 Å². The van der Waals surface area contributed by atoms with Crippen LogP contribution < -0.4 is 0 Å². The number of aromatic nitrogens is 3. The lowest BCUT2D eigenvalue weighted by Gasteiger charge is -2.11. The Bertz CT molecular complexity index is 2550. The molecule has 0 saturated carbocycles. The average Bonchev–Trinajstić information content (AvgIpc) is 3.63. The molecule has 0 atom stereocenters. The van der Waals surface area contributed by atoms with Gasteiger partial charge < -0.3 is 4.42 Å². The van der Waals surface area contributed by atoms with Crippen molar-refractivity contribution in [3.05, 3.63) is 126 Å². The molecule has 0 saturated heterocycles. The van der Waals surface area contributed by atoms with E-state index in [0.717, 1.165) is 54.8 Å². The van der Waals surface area contributed by atoms with Crippen molar-refractivity contribution in [2.24, 2.45) is 0 Å². The van der Waals surface area contributed by atoms with Gasteiger partial charge in [-0.25, -0.2) is 15.0 Å². The third-order valence-corrected chi connectivity index (χ3v) is 9.45. The van der Waals surface area contributed by atoms with E-state index in [1.807, 2.05) is 48.5 Å². The van der Waals surface area contributed by atoms with E-state index in [9.17, 15) is 0 Å². The highest BCUT2D eigenvalue weighted by molar-refractivity contribution is 7.25. The van der Waals surface area contributed by atoms with E-state index in [1.54, 1.807) is 11.3 Å². The summed E-state index contributed by atoms with van der Waals surface area (Å²) in [7, 11) is 0. The van der Waals surface area contributed by atoms with E-state index in [0.29, 0.717) is 22.5 Å². The summed E-state index contributed by atoms with van der Waals surface area (Å²) in [6.07, 6.45) is 0. The van der Waals surface area contributed by atoms with Gasteiger partial charge in [0, 0.05) is 47.6 Å². The van der Waals surface area contributed by atoms with Gasteiger partial charge in [-0.05, 0) is 47.2 Å². The van der Waals surface area contributed by atoms with Crippen molar-refractivity contribution in [3.8, 4) is 34.2 Å². The lowest BCUT2D eigenvalue weighted by Crippen LogP contribution is -2.01. The quantitative estimate of drug-likeness (QED) is 0.206. The van der Waals surface area contributed by atoms with Crippen LogP contribution in [0.4, 0.5) is 0 Å². The first-order chi connectivity index (χ1) is 21.2. The minimum absolute atomic E-state index is 0.506. The Labute approximate surface area is 254 Å². The number of para-hydroxylation sites is 1. The van der Waals surface area contributed by atoms with Gasteiger partial charge in [0.2, 0.25) is 0 Å². The Balaban J connectivity index is 1.38. The van der Waals surface area contributed by atoms with Crippen LogP contribution in [0.1, 0.15) is 0 Å². The summed E-state index contributed by atoms with van der Waals surface area (Å²) in [4.78, 5) is 15.4. The van der Waals surface area contributed by atoms with Crippen molar-refractivity contribution < 1.29 is 4.42 Å². The number of benzene rings is 6. The first-order valence-electron chi connectivity index (χ1n) is 14.0. The molecule has 0 N–H and O–H groups in total. The van der Waals surface area contributed by atoms with Gasteiger partial charge in [-0.3, -0.25) is 0 Å². The Morgan fingerprint density at radius 1 is 0.535 bits per heavy atom. The molecule has 9 aromatic rings. The lowest BCUT2D eigenvalue weighted by molar-refractivity contribution is 0.669. The second kappa shape index (κ2) is 9.46. The van der Waals surface area contributed by atoms with E-state index >= 15 is 0 Å². The number of furan rings is 1. The summed E-state index contributed by atoms with van der Waals surface area (Å²) < 4.78 is 8.63. The van der Waals surface area contributed by atoms with E-state index < -0.39 is 0 Å². The summed E-state index contributed by atoms with van der Waals surface area (Å²) in [6.45, 7) is 0. The van der Waals surface area contributed by atoms with Crippen LogP contribution in [0.2, 0.25) is 5.02 Å². The number of nitrogens with zero attached hydrogens (tertiary/aromatic N) is 3. The molecule has 43 heavy (non-hydrogen) atoms. The van der Waals surface area contributed by atoms with Crippen LogP contribution in [0.3, 0.4) is 0 Å². The van der Waals surface area contributed by atoms with Crippen molar-refractivity contribution >= 4 is 75.8 Å². The Kier molecular flexibility index (Phi) is 5.39. The van der Waals surface area contributed by atoms with Crippen molar-refractivity contribution in [1.29, 1.82) is 0 Å². The zero-order valence-electron chi connectivity index (χ0n) is 22.6. The van der Waals surface area contributed by atoms with Crippen LogP contribution in [0.15, 0.2) is 126 Å². The molecule has 0 aliphatic carbocycles. The molecule has 0 fully saturated rings. The zero-order chi connectivity index (χ0) is 28.5. The molecule has 6 heteroatoms. The predicted molar refractivity (Wildman–Crippen MR) is 179 cm³/mol. The normalized spacial score (nSPS) is 11.8. The number of fused-ring (bicyclic) bond motifs is 7. The van der Waals surface area contributed by atoms with Crippen molar-refractivity contribution in [1.82, 2.24) is 15.0 Å². The number of rotatable bonds is 3. The molecule has 9 rings (SSSR count). The molecule has 0 amide bonds. The smallest absolute Gasteiger partial charge is 0.166 e. The van der Waals surface area contributed by atoms with Gasteiger partial charge in [-0.2, -0.15) is 0 Å². The summed E-state index contributed by atoms with van der Waals surface area (Å²) in [5, 5.41) is 7.03. The number of hydrogen-bond acceptors (Lipinski definition) is 5. The van der Waals surface area contributed by atoms with Gasteiger partial charge in [-0.1, -0.05) is 96.5 Å². The first-order valence-corrected chi connectivity index (χ1v) is 15.2. The number of halogens is 1. The van der Waals surface area contributed by atoms with Crippen LogP contribution in [0, 0.1) is 0 Å². The fourth-order valence-electron chi connectivity index (χ4n) is 6.04. The average molecular weight is 590 g/mol. The number of thiophene rings is 1. The highest BCUT2D eigenvalue weighted by atomic mass is 35.5. The molecule has 0 aliphatic rings. The summed E-state index contributed by atoms with van der Waals surface area (Å²) >= 11 is 8.76. The lowest BCUT2D eigenvalue weighted by atomic mass is 10.0. The van der Waals surface area contributed by atoms with Crippen LogP contribution >= 0.6 is 22.9 Å². The minimum Gasteiger partial charge on any atom is -0.456 e. The highest BCUT2D eigenvalue weighted by Gasteiger charge is 2.22. The Hall–Kier alpha value is -5.10. The Morgan fingerprint density at radius 2 is 1.28 bits per heavy atom. The van der Waals surface area contributed by atoms with Crippen molar-refractivity contribution in [2.45, 2.75) is 0 Å². The number of hydrogen-bond donors (Lipinski definition) is 0. The van der Waals surface area contributed by atoms with Gasteiger partial charge in [0.05, 0.1) is 5.02 Å². The third-order valence-electron chi connectivity index (χ3n) is 8.00. The first kappa shape index (κ1) is 24.5. The molecule has 202 valence electrons. The summed E-state index contributed by atoms with van der Waals surface area (Å²) in [5.74, 6) is 1.69. The van der Waals surface area contributed by atoms with Gasteiger partial charge >= 0.3 is 0 Å². The second-order valence-electron chi connectivity index (χ2n) is 10.5. The minimum atomic E-state index is 0.506. The molecule has 0 unspecified atom stereocenters. The fourth-order valence-corrected chi connectivity index (χ4v) is 7.41. The molecular weight excluding hydrogens is 570 g/mol. The van der Waals surface area contributed by atoms with E-state index in [-0.39, 0.29) is 0 Å². The maximum absolute atomic E-state index is 6.99. The van der Waals surface area contributed by atoms with E-state index in [2.05, 4.69) is 72.8 Å². The van der Waals surface area contributed by atoms with Gasteiger partial charge in [0.25, 0.3) is 0 Å². The van der Waals surface area contributed by atoms with Gasteiger partial charge in [0.1, 0.15) is 11.2 Å². The molecule has 3 heterocycles. The fraction of sp³-hybridized carbons (Fsp3) is 0. The molecule has 4 nitrogen and oxygen atoms in total. The van der Waals surface area contributed by atoms with Gasteiger partial charge in [-0.15, -0.1) is 11.3 Å². The molecule has 0 aliphatic heterocycles. The molecule has 3 aromatic heterocycles. The van der Waals surface area contributed by atoms with Crippen molar-refractivity contribution in [2.75, 3.05) is 0 Å². The van der Waals surface area contributed by atoms with E-state index in [1.165, 1.54) is 14.8 Å².